The van der Waals surface area contributed by atoms with E-state index in [0.29, 0.717) is 43.2 Å². The maximum Gasteiger partial charge on any atom is 0.414 e. The molecule has 2 unspecified atom stereocenters. The Kier molecular flexibility index (Phi) is 10.6. The van der Waals surface area contributed by atoms with Gasteiger partial charge < -0.3 is 50.1 Å². The third kappa shape index (κ3) is 7.73. The van der Waals surface area contributed by atoms with Crippen molar-refractivity contribution in [2.24, 2.45) is 0 Å². The normalized spacial score (nSPS) is 19.3. The third-order valence-corrected chi connectivity index (χ3v) is 10.9. The van der Waals surface area contributed by atoms with Crippen molar-refractivity contribution in [2.75, 3.05) is 61.0 Å². The van der Waals surface area contributed by atoms with E-state index in [2.05, 4.69) is 10.6 Å². The molecule has 0 aliphatic carbocycles. The number of aliphatic hydroxyl groups excluding tert-OH is 1. The van der Waals surface area contributed by atoms with Crippen LogP contribution in [0.15, 0.2) is 42.5 Å². The van der Waals surface area contributed by atoms with Crippen molar-refractivity contribution in [2.45, 2.75) is 17.6 Å². The molecule has 2 aliphatic rings. The van der Waals surface area contributed by atoms with Gasteiger partial charge in [0.1, 0.15) is 18.5 Å². The molecule has 44 heavy (non-hydrogen) atoms. The zero-order chi connectivity index (χ0) is 32.2. The fourth-order valence-electron chi connectivity index (χ4n) is 4.73. The summed E-state index contributed by atoms with van der Waals surface area (Å²) < 4.78 is 43.4. The average molecular weight is 676 g/mol. The van der Waals surface area contributed by atoms with Crippen LogP contribution in [-0.2, 0) is 25.1 Å². The molecule has 240 valence electrons. The second kappa shape index (κ2) is 13.9. The smallest absolute Gasteiger partial charge is 0.414 e. The fraction of sp³-hybridized carbons (Fsp3) is 0.400. The molecule has 2 heterocycles. The second-order valence-corrected chi connectivity index (χ2v) is 14.2. The van der Waals surface area contributed by atoms with E-state index in [9.17, 15) is 38.5 Å². The Morgan fingerprint density at radius 1 is 1.16 bits per heavy atom. The summed E-state index contributed by atoms with van der Waals surface area (Å²) in [7, 11) is -9.28. The van der Waals surface area contributed by atoms with Gasteiger partial charge in [0.05, 0.1) is 24.5 Å². The van der Waals surface area contributed by atoms with E-state index in [1.54, 1.807) is 17.0 Å². The summed E-state index contributed by atoms with van der Waals surface area (Å²) in [5.74, 6) is -0.909. The van der Waals surface area contributed by atoms with Gasteiger partial charge in [0.2, 0.25) is 19.0 Å². The van der Waals surface area contributed by atoms with Crippen LogP contribution in [0, 0.1) is 5.82 Å². The van der Waals surface area contributed by atoms with Gasteiger partial charge in [0, 0.05) is 38.3 Å². The first-order chi connectivity index (χ1) is 20.7. The van der Waals surface area contributed by atoms with Gasteiger partial charge >= 0.3 is 13.7 Å². The molecule has 0 aromatic heterocycles. The van der Waals surface area contributed by atoms with Crippen molar-refractivity contribution < 1.29 is 52.7 Å². The molecule has 2 aliphatic heterocycles. The minimum Gasteiger partial charge on any atom is -0.442 e. The number of hydrogen-bond donors (Lipinski definition) is 7. The van der Waals surface area contributed by atoms with Gasteiger partial charge in [-0.25, -0.2) is 9.18 Å². The van der Waals surface area contributed by atoms with E-state index < -0.39 is 51.7 Å². The van der Waals surface area contributed by atoms with Gasteiger partial charge in [-0.2, -0.15) is 0 Å². The number of rotatable bonds is 10. The molecule has 2 fully saturated rings. The largest absolute Gasteiger partial charge is 0.442 e. The molecular formula is C25H32FN5O10P2S. The molecule has 2 amide bonds. The van der Waals surface area contributed by atoms with Crippen molar-refractivity contribution >= 4 is 62.0 Å². The molecule has 0 bridgehead atoms. The first kappa shape index (κ1) is 33.7. The number of nitrogens with one attached hydrogen (secondary N) is 2. The molecule has 7 N–H and O–H groups in total. The Balaban J connectivity index is 1.27. The minimum absolute atomic E-state index is 0.125. The highest BCUT2D eigenvalue weighted by molar-refractivity contribution is 7.80. The van der Waals surface area contributed by atoms with Crippen molar-refractivity contribution in [3.05, 3.63) is 53.8 Å². The predicted molar refractivity (Wildman–Crippen MR) is 162 cm³/mol. The molecule has 2 saturated heterocycles. The topological polar surface area (TPSA) is 212 Å². The van der Waals surface area contributed by atoms with Crippen LogP contribution in [0.5, 0.6) is 0 Å². The lowest BCUT2D eigenvalue weighted by molar-refractivity contribution is -0.134. The van der Waals surface area contributed by atoms with Gasteiger partial charge in [-0.3, -0.25) is 18.8 Å². The Hall–Kier alpha value is -3.14. The van der Waals surface area contributed by atoms with E-state index in [1.165, 1.54) is 40.1 Å². The van der Waals surface area contributed by atoms with Crippen LogP contribution in [0.25, 0.3) is 0 Å². The summed E-state index contributed by atoms with van der Waals surface area (Å²) in [5.41, 5.74) is 1.31. The molecule has 2 aromatic rings. The summed E-state index contributed by atoms with van der Waals surface area (Å²) >= 11 is 5.27. The Morgan fingerprint density at radius 2 is 1.82 bits per heavy atom. The minimum atomic E-state index is -5.29. The summed E-state index contributed by atoms with van der Waals surface area (Å²) in [6.07, 6.45) is -2.01. The predicted octanol–water partition coefficient (Wildman–Crippen LogP) is 0.612. The quantitative estimate of drug-likeness (QED) is 0.136. The number of piperazine rings is 1. The zero-order valence-electron chi connectivity index (χ0n) is 23.1. The van der Waals surface area contributed by atoms with Crippen molar-refractivity contribution in [3.8, 4) is 0 Å². The fourth-order valence-corrected chi connectivity index (χ4v) is 6.67. The van der Waals surface area contributed by atoms with Crippen LogP contribution in [0.4, 0.5) is 26.2 Å². The summed E-state index contributed by atoms with van der Waals surface area (Å²) in [4.78, 5) is 56.7. The number of ether oxygens (including phenoxy) is 1. The van der Waals surface area contributed by atoms with Crippen LogP contribution in [0.1, 0.15) is 5.56 Å². The summed E-state index contributed by atoms with van der Waals surface area (Å²) in [6, 6.07) is 10.2. The lowest BCUT2D eigenvalue weighted by Crippen LogP contribution is -2.49. The van der Waals surface area contributed by atoms with Gasteiger partial charge in [0.25, 0.3) is 0 Å². The Morgan fingerprint density at radius 3 is 2.39 bits per heavy atom. The maximum atomic E-state index is 15.0. The number of amides is 2. The first-order valence-corrected chi connectivity index (χ1v) is 16.7. The number of benzene rings is 2. The van der Waals surface area contributed by atoms with Gasteiger partial charge in [0.15, 0.2) is 5.11 Å². The number of nitrogens with zero attached hydrogens (tertiary/aromatic N) is 3. The Labute approximate surface area is 257 Å². The number of cyclic esters (lactones) is 1. The highest BCUT2D eigenvalue weighted by atomic mass is 32.1. The molecule has 4 rings (SSSR count). The van der Waals surface area contributed by atoms with Crippen LogP contribution in [0.2, 0.25) is 0 Å². The monoisotopic (exact) mass is 675 g/mol. The van der Waals surface area contributed by atoms with Crippen molar-refractivity contribution in [1.82, 2.24) is 10.2 Å². The molecular weight excluding hydrogens is 643 g/mol. The Bertz CT molecular complexity index is 1470. The molecule has 0 saturated carbocycles. The maximum absolute atomic E-state index is 15.0. The number of halogens is 1. The van der Waals surface area contributed by atoms with Crippen molar-refractivity contribution in [1.29, 1.82) is 0 Å². The van der Waals surface area contributed by atoms with Crippen LogP contribution in [-0.4, -0.2) is 104 Å². The highest BCUT2D eigenvalue weighted by Gasteiger charge is 2.50. The number of thiocarbonyl (C=S) groups is 1. The lowest BCUT2D eigenvalue weighted by atomic mass is 10.1. The lowest BCUT2D eigenvalue weighted by Gasteiger charge is -2.36. The first-order valence-electron chi connectivity index (χ1n) is 13.3. The van der Waals surface area contributed by atoms with Crippen molar-refractivity contribution in [3.63, 3.8) is 0 Å². The molecule has 3 atom stereocenters. The highest BCUT2D eigenvalue weighted by Crippen LogP contribution is 2.61. The van der Waals surface area contributed by atoms with Gasteiger partial charge in [-0.05, 0) is 48.1 Å². The van der Waals surface area contributed by atoms with E-state index >= 15 is 4.39 Å². The molecule has 19 heteroatoms. The zero-order valence-corrected chi connectivity index (χ0v) is 25.8. The van der Waals surface area contributed by atoms with Crippen LogP contribution in [0.3, 0.4) is 0 Å². The standard InChI is InChI=1S/C25H32FN5O10P2S/c26-20-11-18(5-6-21(20)29-7-9-30(10-8-29)22(33)15-32)31-14-19(41-24(31)34)13-27-23(44)28-17-3-1-16(2-4-17)12-25(35,42(36)37)43(38,39)40/h1-6,11,19,32,35,42H,7-10,12-15H2,(H,36,37)(H2,27,28,44)(H2,38,39,40)/t19-,25?/m0/s1. The molecule has 15 nitrogen and oxygen atoms in total. The number of hydrogen-bond acceptors (Lipinski definition) is 9. The molecule has 0 radical (unpaired) electrons. The molecule has 2 aromatic carbocycles. The number of carbonyl (C=O) groups excluding carboxylic acids is 2. The van der Waals surface area contributed by atoms with Gasteiger partial charge in [-0.1, -0.05) is 12.1 Å². The average Bonchev–Trinajstić information content (AvgIpc) is 3.36. The second-order valence-electron chi connectivity index (χ2n) is 10.2. The SMILES string of the molecule is O=C(CO)N1CCN(c2ccc(N3C[C@H](CNC(=S)Nc4ccc(CC(O)([PH](=O)O)P(=O)(O)O)cc4)OC3=O)cc2F)CC1. The number of carbonyl (C=O) groups is 2. The van der Waals surface area contributed by atoms with Gasteiger partial charge in [-0.15, -0.1) is 0 Å². The van der Waals surface area contributed by atoms with Crippen LogP contribution < -0.4 is 20.4 Å². The summed E-state index contributed by atoms with van der Waals surface area (Å²) in [6.45, 7) is 1.18. The van der Waals surface area contributed by atoms with E-state index in [1.807, 2.05) is 0 Å². The number of aliphatic hydroxyl groups is 2. The van der Waals surface area contributed by atoms with E-state index in [0.717, 1.165) is 0 Å². The van der Waals surface area contributed by atoms with E-state index in [-0.39, 0.29) is 29.7 Å². The van der Waals surface area contributed by atoms with E-state index in [4.69, 9.17) is 22.1 Å². The summed E-state index contributed by atoms with van der Waals surface area (Å²) in [5, 5.41) is 22.0. The number of anilines is 3. The van der Waals surface area contributed by atoms with Crippen LogP contribution >= 0.6 is 27.8 Å². The molecule has 0 spiro atoms. The third-order valence-electron chi connectivity index (χ3n) is 7.20.